The van der Waals surface area contributed by atoms with Crippen LogP contribution in [0.5, 0.6) is 5.75 Å². The Labute approximate surface area is 185 Å². The van der Waals surface area contributed by atoms with Gasteiger partial charge < -0.3 is 14.6 Å². The molecule has 1 aliphatic carbocycles. The van der Waals surface area contributed by atoms with Gasteiger partial charge in [0.2, 0.25) is 0 Å². The van der Waals surface area contributed by atoms with Crippen molar-refractivity contribution < 1.29 is 14.1 Å². The van der Waals surface area contributed by atoms with Gasteiger partial charge in [0, 0.05) is 29.9 Å². The van der Waals surface area contributed by atoms with Crippen LogP contribution in [0.2, 0.25) is 0 Å². The molecule has 1 aromatic carbocycles. The number of carbonyl (C=O) groups is 1. The summed E-state index contributed by atoms with van der Waals surface area (Å²) in [6.07, 6.45) is 4.06. The van der Waals surface area contributed by atoms with Gasteiger partial charge in [-0.05, 0) is 63.1 Å². The molecule has 1 amide bonds. The number of hydrogen-bond acceptors (Lipinski definition) is 6. The molecule has 3 aromatic heterocycles. The molecule has 1 fully saturated rings. The molecule has 0 aliphatic heterocycles. The van der Waals surface area contributed by atoms with Crippen LogP contribution in [0.25, 0.3) is 22.4 Å². The zero-order valence-electron chi connectivity index (χ0n) is 18.3. The first-order chi connectivity index (χ1) is 15.6. The highest BCUT2D eigenvalue weighted by Gasteiger charge is 2.30. The quantitative estimate of drug-likeness (QED) is 0.463. The first-order valence-electron chi connectivity index (χ1n) is 10.9. The molecule has 8 heteroatoms. The highest BCUT2D eigenvalue weighted by molar-refractivity contribution is 6.09. The molecule has 1 unspecified atom stereocenters. The van der Waals surface area contributed by atoms with Crippen molar-refractivity contribution in [1.29, 1.82) is 0 Å². The minimum atomic E-state index is -0.243. The summed E-state index contributed by atoms with van der Waals surface area (Å²) >= 11 is 0. The molecule has 0 spiro atoms. The highest BCUT2D eigenvalue weighted by atomic mass is 16.5. The van der Waals surface area contributed by atoms with Gasteiger partial charge in [0.15, 0.2) is 0 Å². The van der Waals surface area contributed by atoms with E-state index >= 15 is 0 Å². The standard InChI is InChI=1S/C24H25N5O3/c1-4-29-12-11-19(27-29)14(2)25-23(30)18-13-20(15-5-6-15)26-24-21(18)22(28-32-24)16-7-9-17(31-3)10-8-16/h7-15H,4-6H2,1-3H3,(H,25,30). The Morgan fingerprint density at radius 3 is 2.72 bits per heavy atom. The van der Waals surface area contributed by atoms with E-state index in [0.717, 1.165) is 42.1 Å². The van der Waals surface area contributed by atoms with Gasteiger partial charge in [-0.2, -0.15) is 5.10 Å². The average Bonchev–Trinajstić information content (AvgIpc) is 3.40. The normalized spacial score (nSPS) is 14.5. The second-order valence-electron chi connectivity index (χ2n) is 8.10. The first kappa shape index (κ1) is 20.2. The van der Waals surface area contributed by atoms with Gasteiger partial charge in [-0.3, -0.25) is 9.48 Å². The lowest BCUT2D eigenvalue weighted by atomic mass is 10.0. The molecule has 1 N–H and O–H groups in total. The summed E-state index contributed by atoms with van der Waals surface area (Å²) < 4.78 is 12.7. The van der Waals surface area contributed by atoms with Crippen LogP contribution >= 0.6 is 0 Å². The Hall–Kier alpha value is -3.68. The van der Waals surface area contributed by atoms with Crippen molar-refractivity contribution in [1.82, 2.24) is 25.2 Å². The second kappa shape index (κ2) is 8.11. The molecule has 0 saturated heterocycles. The van der Waals surface area contributed by atoms with E-state index in [4.69, 9.17) is 9.26 Å². The summed E-state index contributed by atoms with van der Waals surface area (Å²) in [7, 11) is 1.62. The lowest BCUT2D eigenvalue weighted by Crippen LogP contribution is -2.27. The number of nitrogens with one attached hydrogen (secondary N) is 1. The fourth-order valence-electron chi connectivity index (χ4n) is 3.82. The lowest BCUT2D eigenvalue weighted by molar-refractivity contribution is 0.0940. The highest BCUT2D eigenvalue weighted by Crippen LogP contribution is 2.41. The van der Waals surface area contributed by atoms with Crippen molar-refractivity contribution in [3.8, 4) is 17.0 Å². The van der Waals surface area contributed by atoms with E-state index in [-0.39, 0.29) is 11.9 Å². The molecular formula is C24H25N5O3. The molecule has 3 heterocycles. The molecule has 1 aliphatic rings. The minimum absolute atomic E-state index is 0.198. The van der Waals surface area contributed by atoms with Crippen molar-refractivity contribution in [3.63, 3.8) is 0 Å². The van der Waals surface area contributed by atoms with Crippen LogP contribution in [0.4, 0.5) is 0 Å². The van der Waals surface area contributed by atoms with E-state index in [1.54, 1.807) is 7.11 Å². The van der Waals surface area contributed by atoms with E-state index in [0.29, 0.717) is 28.3 Å². The molecule has 1 atom stereocenters. The molecular weight excluding hydrogens is 406 g/mol. The van der Waals surface area contributed by atoms with E-state index in [1.807, 2.05) is 61.1 Å². The third kappa shape index (κ3) is 3.72. The number of amides is 1. The Kier molecular flexibility index (Phi) is 5.13. The number of aromatic nitrogens is 4. The number of aryl methyl sites for hydroxylation is 1. The van der Waals surface area contributed by atoms with Crippen LogP contribution in [0.15, 0.2) is 47.1 Å². The first-order valence-corrected chi connectivity index (χ1v) is 10.9. The second-order valence-corrected chi connectivity index (χ2v) is 8.10. The number of fused-ring (bicyclic) bond motifs is 1. The van der Waals surface area contributed by atoms with E-state index < -0.39 is 0 Å². The zero-order valence-corrected chi connectivity index (χ0v) is 18.3. The zero-order chi connectivity index (χ0) is 22.2. The number of methoxy groups -OCH3 is 1. The summed E-state index contributed by atoms with van der Waals surface area (Å²) in [6.45, 7) is 4.74. The largest absolute Gasteiger partial charge is 0.497 e. The maximum atomic E-state index is 13.4. The van der Waals surface area contributed by atoms with Crippen LogP contribution in [-0.4, -0.2) is 32.9 Å². The minimum Gasteiger partial charge on any atom is -0.497 e. The van der Waals surface area contributed by atoms with Crippen LogP contribution < -0.4 is 10.1 Å². The smallest absolute Gasteiger partial charge is 0.259 e. The van der Waals surface area contributed by atoms with Crippen molar-refractivity contribution in [2.45, 2.75) is 45.2 Å². The summed E-state index contributed by atoms with van der Waals surface area (Å²) in [5, 5.41) is 12.5. The van der Waals surface area contributed by atoms with Gasteiger partial charge in [-0.25, -0.2) is 4.98 Å². The summed E-state index contributed by atoms with van der Waals surface area (Å²) in [4.78, 5) is 18.1. The van der Waals surface area contributed by atoms with E-state index in [2.05, 4.69) is 20.6 Å². The Morgan fingerprint density at radius 2 is 2.06 bits per heavy atom. The van der Waals surface area contributed by atoms with Gasteiger partial charge in [-0.15, -0.1) is 0 Å². The van der Waals surface area contributed by atoms with Crippen molar-refractivity contribution in [2.75, 3.05) is 7.11 Å². The number of ether oxygens (including phenoxy) is 1. The SMILES string of the molecule is CCn1ccc(C(C)NC(=O)c2cc(C3CC3)nc3onc(-c4ccc(OC)cc4)c23)n1. The third-order valence-corrected chi connectivity index (χ3v) is 5.85. The van der Waals surface area contributed by atoms with Gasteiger partial charge in [0.1, 0.15) is 11.4 Å². The molecule has 1 saturated carbocycles. The van der Waals surface area contributed by atoms with Crippen molar-refractivity contribution in [2.24, 2.45) is 0 Å². The van der Waals surface area contributed by atoms with Crippen LogP contribution in [0.3, 0.4) is 0 Å². The maximum absolute atomic E-state index is 13.4. The number of carbonyl (C=O) groups excluding carboxylic acids is 1. The monoisotopic (exact) mass is 431 g/mol. The predicted molar refractivity (Wildman–Crippen MR) is 120 cm³/mol. The van der Waals surface area contributed by atoms with Crippen molar-refractivity contribution in [3.05, 3.63) is 59.5 Å². The fraction of sp³-hybridized carbons (Fsp3) is 0.333. The number of benzene rings is 1. The van der Waals surface area contributed by atoms with Gasteiger partial charge >= 0.3 is 0 Å². The number of hydrogen-bond donors (Lipinski definition) is 1. The Balaban J connectivity index is 1.54. The summed E-state index contributed by atoms with van der Waals surface area (Å²) in [5.74, 6) is 0.919. The predicted octanol–water partition coefficient (Wildman–Crippen LogP) is 4.48. The van der Waals surface area contributed by atoms with Gasteiger partial charge in [0.05, 0.1) is 29.8 Å². The van der Waals surface area contributed by atoms with E-state index in [9.17, 15) is 4.79 Å². The fourth-order valence-corrected chi connectivity index (χ4v) is 3.82. The molecule has 4 aromatic rings. The summed E-state index contributed by atoms with van der Waals surface area (Å²) in [6, 6.07) is 11.1. The molecule has 32 heavy (non-hydrogen) atoms. The van der Waals surface area contributed by atoms with E-state index in [1.165, 1.54) is 0 Å². The maximum Gasteiger partial charge on any atom is 0.259 e. The molecule has 0 bridgehead atoms. The molecule has 164 valence electrons. The average molecular weight is 431 g/mol. The van der Waals surface area contributed by atoms with Crippen LogP contribution in [0, 0.1) is 0 Å². The molecule has 0 radical (unpaired) electrons. The number of nitrogens with zero attached hydrogens (tertiary/aromatic N) is 4. The molecule has 8 nitrogen and oxygen atoms in total. The lowest BCUT2D eigenvalue weighted by Gasteiger charge is -2.13. The number of rotatable bonds is 7. The Morgan fingerprint density at radius 1 is 1.28 bits per heavy atom. The summed E-state index contributed by atoms with van der Waals surface area (Å²) in [5.41, 5.74) is 4.01. The van der Waals surface area contributed by atoms with Crippen LogP contribution in [-0.2, 0) is 6.54 Å². The number of pyridine rings is 1. The van der Waals surface area contributed by atoms with Gasteiger partial charge in [0.25, 0.3) is 11.6 Å². The molecule has 5 rings (SSSR count). The van der Waals surface area contributed by atoms with Crippen molar-refractivity contribution >= 4 is 17.0 Å². The Bertz CT molecular complexity index is 1270. The van der Waals surface area contributed by atoms with Crippen LogP contribution in [0.1, 0.15) is 60.4 Å². The topological polar surface area (TPSA) is 95.1 Å². The third-order valence-electron chi connectivity index (χ3n) is 5.85. The van der Waals surface area contributed by atoms with Gasteiger partial charge in [-0.1, -0.05) is 5.16 Å².